The van der Waals surface area contributed by atoms with E-state index in [0.717, 1.165) is 0 Å². The number of hydrogen-bond acceptors (Lipinski definition) is 4. The van der Waals surface area contributed by atoms with Crippen molar-refractivity contribution >= 4 is 0 Å². The van der Waals surface area contributed by atoms with Gasteiger partial charge < -0.3 is 10.5 Å². The predicted molar refractivity (Wildman–Crippen MR) is 45.5 cm³/mol. The summed E-state index contributed by atoms with van der Waals surface area (Å²) in [5, 5.41) is 0. The molecule has 0 saturated carbocycles. The van der Waals surface area contributed by atoms with Crippen molar-refractivity contribution in [1.82, 2.24) is 9.97 Å². The fourth-order valence-corrected chi connectivity index (χ4v) is 0.821. The summed E-state index contributed by atoms with van der Waals surface area (Å²) in [5.74, 6) is 0.631. The molecule has 1 aromatic heterocycles. The molecule has 0 saturated heterocycles. The summed E-state index contributed by atoms with van der Waals surface area (Å²) < 4.78 is 5.14. The van der Waals surface area contributed by atoms with Crippen LogP contribution in [0.5, 0.6) is 0 Å². The van der Waals surface area contributed by atoms with Gasteiger partial charge in [0.2, 0.25) is 0 Å². The smallest absolute Gasteiger partial charge is 0.147 e. The van der Waals surface area contributed by atoms with Crippen LogP contribution in [0, 0.1) is 0 Å². The lowest BCUT2D eigenvalue weighted by Crippen LogP contribution is -2.19. The summed E-state index contributed by atoms with van der Waals surface area (Å²) >= 11 is 0. The molecule has 0 aliphatic carbocycles. The number of ether oxygens (including phenoxy) is 1. The lowest BCUT2D eigenvalue weighted by molar-refractivity contribution is 0.131. The second-order valence-electron chi connectivity index (χ2n) is 2.37. The van der Waals surface area contributed by atoms with Gasteiger partial charge in [0.05, 0.1) is 12.6 Å². The van der Waals surface area contributed by atoms with Gasteiger partial charge in [0, 0.05) is 19.0 Å². The monoisotopic (exact) mass is 167 g/mol. The van der Waals surface area contributed by atoms with E-state index in [1.807, 2.05) is 6.92 Å². The quantitative estimate of drug-likeness (QED) is 0.709. The minimum absolute atomic E-state index is 0.217. The molecule has 0 aromatic carbocycles. The Bertz CT molecular complexity index is 215. The molecule has 0 amide bonds. The molecule has 0 aliphatic heterocycles. The van der Waals surface area contributed by atoms with Crippen LogP contribution in [0.4, 0.5) is 0 Å². The normalized spacial score (nSPS) is 12.8. The van der Waals surface area contributed by atoms with Crippen molar-refractivity contribution in [1.29, 1.82) is 0 Å². The Balaban J connectivity index is 2.48. The first-order chi connectivity index (χ1) is 5.84. The topological polar surface area (TPSA) is 61.0 Å². The third kappa shape index (κ3) is 2.56. The Morgan fingerprint density at radius 2 is 2.17 bits per heavy atom. The van der Waals surface area contributed by atoms with Crippen LogP contribution >= 0.6 is 0 Å². The van der Waals surface area contributed by atoms with Crippen LogP contribution in [0.3, 0.4) is 0 Å². The highest BCUT2D eigenvalue weighted by Crippen LogP contribution is 2.01. The molecule has 0 spiro atoms. The van der Waals surface area contributed by atoms with Crippen LogP contribution in [0.25, 0.3) is 0 Å². The number of rotatable bonds is 4. The summed E-state index contributed by atoms with van der Waals surface area (Å²) in [6, 6.07) is 1.54. The maximum Gasteiger partial charge on any atom is 0.147 e. The number of nitrogens with two attached hydrogens (primary N) is 1. The van der Waals surface area contributed by atoms with E-state index in [1.165, 1.54) is 0 Å². The van der Waals surface area contributed by atoms with E-state index in [0.29, 0.717) is 19.0 Å². The van der Waals surface area contributed by atoms with E-state index >= 15 is 0 Å². The van der Waals surface area contributed by atoms with Crippen molar-refractivity contribution in [3.8, 4) is 0 Å². The van der Waals surface area contributed by atoms with Crippen molar-refractivity contribution in [2.24, 2.45) is 5.73 Å². The molecular weight excluding hydrogens is 154 g/mol. The van der Waals surface area contributed by atoms with Crippen LogP contribution < -0.4 is 5.73 Å². The van der Waals surface area contributed by atoms with Gasteiger partial charge in [-0.05, 0) is 13.0 Å². The van der Waals surface area contributed by atoms with Gasteiger partial charge in [-0.3, -0.25) is 0 Å². The lowest BCUT2D eigenvalue weighted by atomic mass is 10.3. The second kappa shape index (κ2) is 4.79. The van der Waals surface area contributed by atoms with E-state index in [-0.39, 0.29) is 6.04 Å². The molecule has 1 atom stereocenters. The van der Waals surface area contributed by atoms with Crippen molar-refractivity contribution < 1.29 is 4.74 Å². The zero-order valence-electron chi connectivity index (χ0n) is 7.10. The Labute approximate surface area is 71.8 Å². The molecule has 4 nitrogen and oxygen atoms in total. The van der Waals surface area contributed by atoms with Crippen LogP contribution in [-0.2, 0) is 4.74 Å². The van der Waals surface area contributed by atoms with Crippen molar-refractivity contribution in [3.63, 3.8) is 0 Å². The van der Waals surface area contributed by atoms with Gasteiger partial charge >= 0.3 is 0 Å². The van der Waals surface area contributed by atoms with E-state index in [4.69, 9.17) is 10.5 Å². The third-order valence-electron chi connectivity index (χ3n) is 1.42. The van der Waals surface area contributed by atoms with Gasteiger partial charge in [-0.25, -0.2) is 9.97 Å². The van der Waals surface area contributed by atoms with Crippen molar-refractivity contribution in [3.05, 3.63) is 24.3 Å². The molecule has 1 rings (SSSR count). The summed E-state index contributed by atoms with van der Waals surface area (Å²) in [6.45, 7) is 3.07. The molecule has 2 N–H and O–H groups in total. The van der Waals surface area contributed by atoms with Gasteiger partial charge in [-0.15, -0.1) is 0 Å². The first-order valence-electron chi connectivity index (χ1n) is 3.94. The Hall–Kier alpha value is -1.00. The maximum absolute atomic E-state index is 5.73. The third-order valence-corrected chi connectivity index (χ3v) is 1.42. The first-order valence-corrected chi connectivity index (χ1v) is 3.94. The van der Waals surface area contributed by atoms with Crippen LogP contribution in [0.15, 0.2) is 18.5 Å². The predicted octanol–water partition coefficient (Wildman–Crippen LogP) is 0.513. The van der Waals surface area contributed by atoms with Crippen LogP contribution in [0.1, 0.15) is 18.8 Å². The van der Waals surface area contributed by atoms with Crippen LogP contribution in [-0.4, -0.2) is 23.2 Å². The van der Waals surface area contributed by atoms with Gasteiger partial charge in [-0.2, -0.15) is 0 Å². The first kappa shape index (κ1) is 9.09. The molecule has 0 fully saturated rings. The molecule has 0 unspecified atom stereocenters. The van der Waals surface area contributed by atoms with E-state index in [9.17, 15) is 0 Å². The Morgan fingerprint density at radius 1 is 1.50 bits per heavy atom. The number of nitrogens with zero attached hydrogens (tertiary/aromatic N) is 2. The molecule has 0 radical (unpaired) electrons. The summed E-state index contributed by atoms with van der Waals surface area (Å²) in [4.78, 5) is 8.03. The van der Waals surface area contributed by atoms with Gasteiger partial charge in [-0.1, -0.05) is 0 Å². The highest BCUT2D eigenvalue weighted by Gasteiger charge is 2.06. The SMILES string of the molecule is CCOC[C@@H](N)c1ncccn1. The maximum atomic E-state index is 5.73. The average molecular weight is 167 g/mol. The molecule has 12 heavy (non-hydrogen) atoms. The molecule has 1 heterocycles. The zero-order chi connectivity index (χ0) is 8.81. The summed E-state index contributed by atoms with van der Waals surface area (Å²) in [6.07, 6.45) is 3.35. The summed E-state index contributed by atoms with van der Waals surface area (Å²) in [5.41, 5.74) is 5.73. The molecule has 0 bridgehead atoms. The minimum atomic E-state index is -0.217. The van der Waals surface area contributed by atoms with Crippen molar-refractivity contribution in [2.75, 3.05) is 13.2 Å². The summed E-state index contributed by atoms with van der Waals surface area (Å²) in [7, 11) is 0. The van der Waals surface area contributed by atoms with Gasteiger partial charge in [0.1, 0.15) is 5.82 Å². The Kier molecular flexibility index (Phi) is 3.63. The van der Waals surface area contributed by atoms with E-state index < -0.39 is 0 Å². The van der Waals surface area contributed by atoms with Crippen LogP contribution in [0.2, 0.25) is 0 Å². The molecule has 4 heteroatoms. The number of aromatic nitrogens is 2. The fraction of sp³-hybridized carbons (Fsp3) is 0.500. The van der Waals surface area contributed by atoms with E-state index in [2.05, 4.69) is 9.97 Å². The van der Waals surface area contributed by atoms with Gasteiger partial charge in [0.25, 0.3) is 0 Å². The fourth-order valence-electron chi connectivity index (χ4n) is 0.821. The largest absolute Gasteiger partial charge is 0.380 e. The Morgan fingerprint density at radius 3 is 2.75 bits per heavy atom. The van der Waals surface area contributed by atoms with Gasteiger partial charge in [0.15, 0.2) is 0 Å². The highest BCUT2D eigenvalue weighted by atomic mass is 16.5. The van der Waals surface area contributed by atoms with E-state index in [1.54, 1.807) is 18.5 Å². The minimum Gasteiger partial charge on any atom is -0.380 e. The highest BCUT2D eigenvalue weighted by molar-refractivity contribution is 4.94. The number of hydrogen-bond donors (Lipinski definition) is 1. The standard InChI is InChI=1S/C8H13N3O/c1-2-12-6-7(9)8-10-4-3-5-11-8/h3-5,7H,2,6,9H2,1H3/t7-/m1/s1. The lowest BCUT2D eigenvalue weighted by Gasteiger charge is -2.08. The molecule has 66 valence electrons. The van der Waals surface area contributed by atoms with Crippen molar-refractivity contribution in [2.45, 2.75) is 13.0 Å². The second-order valence-corrected chi connectivity index (χ2v) is 2.37. The zero-order valence-corrected chi connectivity index (χ0v) is 7.10. The molecular formula is C8H13N3O. The molecule has 1 aromatic rings. The average Bonchev–Trinajstić information content (AvgIpc) is 2.15. The molecule has 0 aliphatic rings.